The molecule has 0 amide bonds. The summed E-state index contributed by atoms with van der Waals surface area (Å²) in [6.07, 6.45) is 1.64. The van der Waals surface area contributed by atoms with Crippen LogP contribution in [0.4, 0.5) is 0 Å². The van der Waals surface area contributed by atoms with Crippen molar-refractivity contribution in [3.05, 3.63) is 20.8 Å². The Bertz CT molecular complexity index is 276. The zero-order valence-electron chi connectivity index (χ0n) is 7.59. The second kappa shape index (κ2) is 4.55. The van der Waals surface area contributed by atoms with Crippen molar-refractivity contribution in [2.75, 3.05) is 6.54 Å². The maximum atomic E-state index is 10.2. The van der Waals surface area contributed by atoms with Crippen molar-refractivity contribution in [2.24, 2.45) is 5.73 Å². The second-order valence-electron chi connectivity index (χ2n) is 3.08. The van der Waals surface area contributed by atoms with Gasteiger partial charge < -0.3 is 10.8 Å². The summed E-state index contributed by atoms with van der Waals surface area (Å²) in [5.74, 6) is 0. The topological polar surface area (TPSA) is 46.2 Å². The number of halogens is 1. The lowest BCUT2D eigenvalue weighted by Gasteiger charge is -2.25. The lowest BCUT2D eigenvalue weighted by atomic mass is 9.96. The molecule has 74 valence electrons. The number of hydrogen-bond donors (Lipinski definition) is 2. The molecule has 1 unspecified atom stereocenters. The average Bonchev–Trinajstić information content (AvgIpc) is 2.52. The van der Waals surface area contributed by atoms with E-state index in [0.717, 1.165) is 15.8 Å². The molecule has 1 aromatic heterocycles. The fraction of sp³-hybridized carbons (Fsp3) is 0.556. The first kappa shape index (κ1) is 11.2. The standard InChI is InChI=1S/C9H14BrNOS/c1-2-4-9(12,6-11)8-7(10)3-5-13-8/h3,5,12H,2,4,6,11H2,1H3. The van der Waals surface area contributed by atoms with Gasteiger partial charge in [0.15, 0.2) is 0 Å². The number of aliphatic hydroxyl groups is 1. The number of rotatable bonds is 4. The van der Waals surface area contributed by atoms with Crippen LogP contribution < -0.4 is 5.73 Å². The van der Waals surface area contributed by atoms with E-state index in [1.54, 1.807) is 11.3 Å². The normalized spacial score (nSPS) is 15.7. The van der Waals surface area contributed by atoms with E-state index in [2.05, 4.69) is 15.9 Å². The molecule has 0 saturated heterocycles. The first-order chi connectivity index (χ1) is 6.14. The van der Waals surface area contributed by atoms with Gasteiger partial charge >= 0.3 is 0 Å². The summed E-state index contributed by atoms with van der Waals surface area (Å²) in [5, 5.41) is 12.2. The molecule has 0 aliphatic carbocycles. The molecule has 1 rings (SSSR count). The Morgan fingerprint density at radius 2 is 2.38 bits per heavy atom. The highest BCUT2D eigenvalue weighted by atomic mass is 79.9. The molecule has 13 heavy (non-hydrogen) atoms. The smallest absolute Gasteiger partial charge is 0.112 e. The maximum Gasteiger partial charge on any atom is 0.112 e. The van der Waals surface area contributed by atoms with Crippen LogP contribution in [0, 0.1) is 0 Å². The molecule has 0 radical (unpaired) electrons. The minimum absolute atomic E-state index is 0.278. The molecule has 3 N–H and O–H groups in total. The SMILES string of the molecule is CCCC(O)(CN)c1sccc1Br. The Hall–Kier alpha value is 0.100. The van der Waals surface area contributed by atoms with Crippen molar-refractivity contribution < 1.29 is 5.11 Å². The summed E-state index contributed by atoms with van der Waals surface area (Å²) in [6.45, 7) is 2.32. The van der Waals surface area contributed by atoms with Gasteiger partial charge in [-0.1, -0.05) is 13.3 Å². The molecular weight excluding hydrogens is 250 g/mol. The van der Waals surface area contributed by atoms with E-state index in [9.17, 15) is 5.11 Å². The van der Waals surface area contributed by atoms with E-state index in [-0.39, 0.29) is 6.54 Å². The molecule has 4 heteroatoms. The predicted octanol–water partition coefficient (Wildman–Crippen LogP) is 2.46. The van der Waals surface area contributed by atoms with Gasteiger partial charge in [0, 0.05) is 11.0 Å². The molecular formula is C9H14BrNOS. The number of nitrogens with two attached hydrogens (primary N) is 1. The molecule has 2 nitrogen and oxygen atoms in total. The third kappa shape index (κ3) is 2.31. The highest BCUT2D eigenvalue weighted by molar-refractivity contribution is 9.10. The molecule has 0 bridgehead atoms. The van der Waals surface area contributed by atoms with Crippen LogP contribution >= 0.6 is 27.3 Å². The summed E-state index contributed by atoms with van der Waals surface area (Å²) in [5.41, 5.74) is 4.74. The van der Waals surface area contributed by atoms with E-state index in [1.165, 1.54) is 0 Å². The van der Waals surface area contributed by atoms with E-state index in [4.69, 9.17) is 5.73 Å². The quantitative estimate of drug-likeness (QED) is 0.877. The lowest BCUT2D eigenvalue weighted by molar-refractivity contribution is 0.0390. The fourth-order valence-electron chi connectivity index (χ4n) is 1.35. The van der Waals surface area contributed by atoms with Crippen molar-refractivity contribution >= 4 is 27.3 Å². The first-order valence-electron chi connectivity index (χ1n) is 4.30. The van der Waals surface area contributed by atoms with Gasteiger partial charge in [0.1, 0.15) is 5.60 Å². The first-order valence-corrected chi connectivity index (χ1v) is 5.97. The molecule has 0 aliphatic heterocycles. The van der Waals surface area contributed by atoms with Gasteiger partial charge in [0.05, 0.1) is 4.88 Å². The lowest BCUT2D eigenvalue weighted by Crippen LogP contribution is -2.34. The maximum absolute atomic E-state index is 10.2. The van der Waals surface area contributed by atoms with Crippen LogP contribution in [0.3, 0.4) is 0 Å². The van der Waals surface area contributed by atoms with E-state index >= 15 is 0 Å². The largest absolute Gasteiger partial charge is 0.383 e. The van der Waals surface area contributed by atoms with Gasteiger partial charge in [0.25, 0.3) is 0 Å². The van der Waals surface area contributed by atoms with Crippen molar-refractivity contribution in [3.63, 3.8) is 0 Å². The second-order valence-corrected chi connectivity index (χ2v) is 4.85. The van der Waals surface area contributed by atoms with Crippen LogP contribution in [0.15, 0.2) is 15.9 Å². The average molecular weight is 264 g/mol. The van der Waals surface area contributed by atoms with Gasteiger partial charge in [-0.05, 0) is 33.8 Å². The molecule has 0 aromatic carbocycles. The Balaban J connectivity index is 2.95. The molecule has 0 aliphatic rings. The van der Waals surface area contributed by atoms with Gasteiger partial charge in [-0.3, -0.25) is 0 Å². The minimum atomic E-state index is -0.845. The van der Waals surface area contributed by atoms with E-state index < -0.39 is 5.60 Å². The zero-order chi connectivity index (χ0) is 9.90. The Kier molecular flexibility index (Phi) is 3.91. The summed E-state index contributed by atoms with van der Waals surface area (Å²) in [4.78, 5) is 0.942. The van der Waals surface area contributed by atoms with Crippen LogP contribution in [0.25, 0.3) is 0 Å². The Morgan fingerprint density at radius 1 is 1.69 bits per heavy atom. The molecule has 0 spiro atoms. The molecule has 1 atom stereocenters. The van der Waals surface area contributed by atoms with Crippen molar-refractivity contribution in [3.8, 4) is 0 Å². The summed E-state index contributed by atoms with van der Waals surface area (Å²) in [6, 6.07) is 1.94. The molecule has 1 heterocycles. The Morgan fingerprint density at radius 3 is 2.77 bits per heavy atom. The highest BCUT2D eigenvalue weighted by Crippen LogP contribution is 2.35. The van der Waals surface area contributed by atoms with Gasteiger partial charge in [-0.15, -0.1) is 11.3 Å². The Labute approximate surface area is 90.9 Å². The van der Waals surface area contributed by atoms with Crippen LogP contribution in [-0.2, 0) is 5.60 Å². The third-order valence-corrected chi connectivity index (χ3v) is 4.07. The molecule has 0 fully saturated rings. The van der Waals surface area contributed by atoms with Crippen molar-refractivity contribution in [1.82, 2.24) is 0 Å². The predicted molar refractivity (Wildman–Crippen MR) is 59.9 cm³/mol. The highest BCUT2D eigenvalue weighted by Gasteiger charge is 2.29. The molecule has 1 aromatic rings. The van der Waals surface area contributed by atoms with Crippen LogP contribution in [0.2, 0.25) is 0 Å². The van der Waals surface area contributed by atoms with Gasteiger partial charge in [-0.25, -0.2) is 0 Å². The van der Waals surface area contributed by atoms with Crippen LogP contribution in [-0.4, -0.2) is 11.7 Å². The van der Waals surface area contributed by atoms with Crippen LogP contribution in [0.5, 0.6) is 0 Å². The minimum Gasteiger partial charge on any atom is -0.383 e. The monoisotopic (exact) mass is 263 g/mol. The number of hydrogen-bond acceptors (Lipinski definition) is 3. The summed E-state index contributed by atoms with van der Waals surface area (Å²) >= 11 is 4.95. The number of thiophene rings is 1. The zero-order valence-corrected chi connectivity index (χ0v) is 9.99. The van der Waals surface area contributed by atoms with Crippen LogP contribution in [0.1, 0.15) is 24.6 Å². The van der Waals surface area contributed by atoms with Crippen molar-refractivity contribution in [1.29, 1.82) is 0 Å². The van der Waals surface area contributed by atoms with Crippen molar-refractivity contribution in [2.45, 2.75) is 25.4 Å². The van der Waals surface area contributed by atoms with Gasteiger partial charge in [0.2, 0.25) is 0 Å². The van der Waals surface area contributed by atoms with E-state index in [1.807, 2.05) is 18.4 Å². The third-order valence-electron chi connectivity index (χ3n) is 2.04. The van der Waals surface area contributed by atoms with Gasteiger partial charge in [-0.2, -0.15) is 0 Å². The fourth-order valence-corrected chi connectivity index (χ4v) is 3.23. The summed E-state index contributed by atoms with van der Waals surface area (Å²) in [7, 11) is 0. The summed E-state index contributed by atoms with van der Waals surface area (Å²) < 4.78 is 0.957. The van der Waals surface area contributed by atoms with E-state index in [0.29, 0.717) is 6.42 Å². The molecule has 0 saturated carbocycles.